The summed E-state index contributed by atoms with van der Waals surface area (Å²) in [5.74, 6) is 0. The SMILES string of the molecule is Cc1ccc2oc(Nc3c(NCc4ccccn4)c(=O)c3=O)nc2c1. The Morgan fingerprint density at radius 1 is 1.08 bits per heavy atom. The fraction of sp³-hybridized carbons (Fsp3) is 0.111. The van der Waals surface area contributed by atoms with Gasteiger partial charge in [-0.05, 0) is 36.8 Å². The van der Waals surface area contributed by atoms with Crippen LogP contribution in [-0.4, -0.2) is 9.97 Å². The van der Waals surface area contributed by atoms with E-state index >= 15 is 0 Å². The largest absolute Gasteiger partial charge is 0.423 e. The predicted octanol–water partition coefficient (Wildman–Crippen LogP) is 2.48. The maximum Gasteiger partial charge on any atom is 0.300 e. The van der Waals surface area contributed by atoms with Gasteiger partial charge < -0.3 is 15.1 Å². The molecule has 25 heavy (non-hydrogen) atoms. The molecule has 124 valence electrons. The molecule has 0 amide bonds. The second-order valence-electron chi connectivity index (χ2n) is 5.70. The highest BCUT2D eigenvalue weighted by molar-refractivity contribution is 5.80. The molecule has 0 radical (unpaired) electrons. The van der Waals surface area contributed by atoms with E-state index in [4.69, 9.17) is 4.42 Å². The number of nitrogens with one attached hydrogen (secondary N) is 2. The lowest BCUT2D eigenvalue weighted by atomic mass is 10.2. The van der Waals surface area contributed by atoms with Crippen LogP contribution in [0, 0.1) is 6.92 Å². The monoisotopic (exact) mass is 334 g/mol. The lowest BCUT2D eigenvalue weighted by molar-refractivity contribution is 0.622. The van der Waals surface area contributed by atoms with E-state index in [-0.39, 0.29) is 17.4 Å². The number of pyridine rings is 1. The second-order valence-corrected chi connectivity index (χ2v) is 5.70. The van der Waals surface area contributed by atoms with Crippen LogP contribution in [0.5, 0.6) is 0 Å². The zero-order valence-electron chi connectivity index (χ0n) is 13.4. The van der Waals surface area contributed by atoms with Crippen molar-refractivity contribution >= 4 is 28.5 Å². The Balaban J connectivity index is 1.57. The number of benzene rings is 1. The summed E-state index contributed by atoms with van der Waals surface area (Å²) in [6.07, 6.45) is 1.67. The summed E-state index contributed by atoms with van der Waals surface area (Å²) in [5, 5.41) is 5.75. The van der Waals surface area contributed by atoms with Gasteiger partial charge in [0, 0.05) is 6.20 Å². The molecule has 7 nitrogen and oxygen atoms in total. The molecule has 4 aromatic rings. The second kappa shape index (κ2) is 5.86. The third-order valence-electron chi connectivity index (χ3n) is 3.86. The van der Waals surface area contributed by atoms with Crippen LogP contribution in [0.3, 0.4) is 0 Å². The zero-order chi connectivity index (χ0) is 17.4. The van der Waals surface area contributed by atoms with E-state index in [1.165, 1.54) is 0 Å². The Morgan fingerprint density at radius 2 is 1.92 bits per heavy atom. The fourth-order valence-corrected chi connectivity index (χ4v) is 2.56. The molecular formula is C18H14N4O3. The molecule has 0 atom stereocenters. The molecule has 0 spiro atoms. The molecule has 4 rings (SSSR count). The van der Waals surface area contributed by atoms with Gasteiger partial charge in [0.25, 0.3) is 16.9 Å². The van der Waals surface area contributed by atoms with Crippen LogP contribution in [0.2, 0.25) is 0 Å². The van der Waals surface area contributed by atoms with Crippen LogP contribution in [-0.2, 0) is 6.54 Å². The average molecular weight is 334 g/mol. The van der Waals surface area contributed by atoms with Gasteiger partial charge in [-0.25, -0.2) is 0 Å². The predicted molar refractivity (Wildman–Crippen MR) is 94.9 cm³/mol. The van der Waals surface area contributed by atoms with Crippen molar-refractivity contribution in [1.29, 1.82) is 0 Å². The summed E-state index contributed by atoms with van der Waals surface area (Å²) in [6, 6.07) is 11.3. The summed E-state index contributed by atoms with van der Waals surface area (Å²) in [4.78, 5) is 32.1. The van der Waals surface area contributed by atoms with Crippen LogP contribution >= 0.6 is 0 Å². The lowest BCUT2D eigenvalue weighted by Crippen LogP contribution is -2.36. The number of aryl methyl sites for hydroxylation is 1. The highest BCUT2D eigenvalue weighted by Crippen LogP contribution is 2.24. The van der Waals surface area contributed by atoms with Gasteiger partial charge in [-0.1, -0.05) is 12.1 Å². The van der Waals surface area contributed by atoms with Crippen molar-refractivity contribution in [3.05, 3.63) is 74.3 Å². The maximum atomic E-state index is 11.9. The zero-order valence-corrected chi connectivity index (χ0v) is 13.4. The van der Waals surface area contributed by atoms with Crippen LogP contribution in [0.25, 0.3) is 11.1 Å². The molecule has 2 aromatic carbocycles. The van der Waals surface area contributed by atoms with Gasteiger partial charge in [0.2, 0.25) is 0 Å². The van der Waals surface area contributed by atoms with Crippen LogP contribution in [0.15, 0.2) is 56.6 Å². The van der Waals surface area contributed by atoms with Crippen molar-refractivity contribution in [2.24, 2.45) is 0 Å². The van der Waals surface area contributed by atoms with Crippen molar-refractivity contribution in [2.75, 3.05) is 10.6 Å². The number of oxazole rings is 1. The summed E-state index contributed by atoms with van der Waals surface area (Å²) >= 11 is 0. The minimum absolute atomic E-state index is 0.157. The molecule has 2 heterocycles. The molecule has 7 heteroatoms. The Hall–Kier alpha value is -3.48. The Kier molecular flexibility index (Phi) is 3.53. The van der Waals surface area contributed by atoms with E-state index in [1.807, 2.05) is 43.3 Å². The summed E-state index contributed by atoms with van der Waals surface area (Å²) < 4.78 is 5.56. The number of hydrogen-bond acceptors (Lipinski definition) is 7. The first-order valence-electron chi connectivity index (χ1n) is 7.73. The molecule has 0 saturated heterocycles. The number of fused-ring (bicyclic) bond motifs is 1. The quantitative estimate of drug-likeness (QED) is 0.541. The minimum Gasteiger partial charge on any atom is -0.423 e. The third kappa shape index (κ3) is 2.76. The van der Waals surface area contributed by atoms with E-state index < -0.39 is 10.9 Å². The molecule has 2 aromatic heterocycles. The van der Waals surface area contributed by atoms with Crippen molar-refractivity contribution in [2.45, 2.75) is 13.5 Å². The van der Waals surface area contributed by atoms with Gasteiger partial charge in [-0.15, -0.1) is 0 Å². The minimum atomic E-state index is -0.595. The van der Waals surface area contributed by atoms with Crippen molar-refractivity contribution < 1.29 is 4.42 Å². The third-order valence-corrected chi connectivity index (χ3v) is 3.86. The van der Waals surface area contributed by atoms with E-state index in [0.717, 1.165) is 11.3 Å². The molecule has 0 aliphatic rings. The Labute approximate surface area is 142 Å². The maximum absolute atomic E-state index is 11.9. The smallest absolute Gasteiger partial charge is 0.300 e. The van der Waals surface area contributed by atoms with Crippen LogP contribution < -0.4 is 21.5 Å². The molecule has 0 aliphatic heterocycles. The molecule has 0 unspecified atom stereocenters. The molecule has 0 fully saturated rings. The van der Waals surface area contributed by atoms with Gasteiger partial charge in [0.05, 0.1) is 12.2 Å². The van der Waals surface area contributed by atoms with Crippen molar-refractivity contribution in [3.8, 4) is 0 Å². The molecular weight excluding hydrogens is 320 g/mol. The van der Waals surface area contributed by atoms with Crippen LogP contribution in [0.1, 0.15) is 11.3 Å². The lowest BCUT2D eigenvalue weighted by Gasteiger charge is -2.12. The first-order valence-corrected chi connectivity index (χ1v) is 7.73. The van der Waals surface area contributed by atoms with Gasteiger partial charge in [0.15, 0.2) is 5.58 Å². The van der Waals surface area contributed by atoms with Crippen LogP contribution in [0.4, 0.5) is 17.4 Å². The van der Waals surface area contributed by atoms with Crippen molar-refractivity contribution in [1.82, 2.24) is 9.97 Å². The summed E-state index contributed by atoms with van der Waals surface area (Å²) in [7, 11) is 0. The Morgan fingerprint density at radius 3 is 2.72 bits per heavy atom. The first-order chi connectivity index (χ1) is 12.1. The highest BCUT2D eigenvalue weighted by atomic mass is 16.4. The van der Waals surface area contributed by atoms with Crippen molar-refractivity contribution in [3.63, 3.8) is 0 Å². The average Bonchev–Trinajstić information content (AvgIpc) is 3.03. The molecule has 2 N–H and O–H groups in total. The van der Waals surface area contributed by atoms with Gasteiger partial charge in [-0.2, -0.15) is 4.98 Å². The topological polar surface area (TPSA) is 97.1 Å². The molecule has 0 bridgehead atoms. The van der Waals surface area contributed by atoms with Gasteiger partial charge in [-0.3, -0.25) is 14.6 Å². The normalized spacial score (nSPS) is 11.1. The molecule has 0 aliphatic carbocycles. The standard InChI is InChI=1S/C18H14N4O3/c1-10-5-6-13-12(8-10)21-18(25-13)22-15-14(16(23)17(15)24)20-9-11-4-2-3-7-19-11/h2-8,20H,9H2,1H3,(H,21,22). The number of aromatic nitrogens is 2. The highest BCUT2D eigenvalue weighted by Gasteiger charge is 2.22. The summed E-state index contributed by atoms with van der Waals surface area (Å²) in [6.45, 7) is 2.30. The van der Waals surface area contributed by atoms with E-state index in [2.05, 4.69) is 20.6 Å². The number of rotatable bonds is 5. The van der Waals surface area contributed by atoms with Gasteiger partial charge >= 0.3 is 0 Å². The number of hydrogen-bond donors (Lipinski definition) is 2. The van der Waals surface area contributed by atoms with E-state index in [0.29, 0.717) is 17.6 Å². The Bertz CT molecular complexity index is 1120. The number of anilines is 3. The van der Waals surface area contributed by atoms with E-state index in [9.17, 15) is 9.59 Å². The van der Waals surface area contributed by atoms with E-state index in [1.54, 1.807) is 6.20 Å². The first kappa shape index (κ1) is 15.1. The fourth-order valence-electron chi connectivity index (χ4n) is 2.56. The van der Waals surface area contributed by atoms with Gasteiger partial charge in [0.1, 0.15) is 16.9 Å². The number of nitrogens with zero attached hydrogens (tertiary/aromatic N) is 2. The molecule has 0 saturated carbocycles. The summed E-state index contributed by atoms with van der Waals surface area (Å²) in [5.41, 5.74) is 2.32.